The summed E-state index contributed by atoms with van der Waals surface area (Å²) in [6.07, 6.45) is 7.57. The number of benzene rings is 2. The quantitative estimate of drug-likeness (QED) is 0.554. The molecular weight excluding hydrogens is 304 g/mol. The minimum absolute atomic E-state index is 1.02. The fourth-order valence-corrected chi connectivity index (χ4v) is 3.52. The summed E-state index contributed by atoms with van der Waals surface area (Å²) < 4.78 is 0. The maximum absolute atomic E-state index is 4.68. The Morgan fingerprint density at radius 3 is 1.96 bits per heavy atom. The summed E-state index contributed by atoms with van der Waals surface area (Å²) >= 11 is 0. The minimum atomic E-state index is 1.02. The largest absolute Gasteiger partial charge is 0.295 e. The molecule has 2 aromatic carbocycles. The molecule has 0 radical (unpaired) electrons. The van der Waals surface area contributed by atoms with Gasteiger partial charge in [-0.05, 0) is 56.2 Å². The molecule has 0 unspecified atom stereocenters. The maximum Gasteiger partial charge on any atom is 0.0388 e. The standard InChI is InChI=1S/C23H30N2/c1-3-11-21(12-4-1)19-25(20-22-13-5-2-6-14-22)18-10-8-16-23-15-7-9-17-24-23/h1-6,11-14H,7-10,15-20H2. The molecule has 132 valence electrons. The van der Waals surface area contributed by atoms with E-state index in [0.717, 1.165) is 26.2 Å². The Morgan fingerprint density at radius 2 is 1.40 bits per heavy atom. The van der Waals surface area contributed by atoms with Gasteiger partial charge in [-0.3, -0.25) is 9.89 Å². The van der Waals surface area contributed by atoms with Crippen molar-refractivity contribution in [2.45, 2.75) is 51.6 Å². The first-order valence-electron chi connectivity index (χ1n) is 9.72. The lowest BCUT2D eigenvalue weighted by Gasteiger charge is -2.23. The van der Waals surface area contributed by atoms with Gasteiger partial charge < -0.3 is 0 Å². The summed E-state index contributed by atoms with van der Waals surface area (Å²) in [6, 6.07) is 21.7. The summed E-state index contributed by atoms with van der Waals surface area (Å²) in [4.78, 5) is 7.26. The van der Waals surface area contributed by atoms with Crippen molar-refractivity contribution >= 4 is 5.71 Å². The minimum Gasteiger partial charge on any atom is -0.295 e. The molecular formula is C23H30N2. The third-order valence-corrected chi connectivity index (χ3v) is 4.90. The van der Waals surface area contributed by atoms with Crippen LogP contribution in [-0.4, -0.2) is 23.7 Å². The number of rotatable bonds is 9. The molecule has 1 aliphatic heterocycles. The predicted molar refractivity (Wildman–Crippen MR) is 107 cm³/mol. The Kier molecular flexibility index (Phi) is 7.26. The monoisotopic (exact) mass is 334 g/mol. The summed E-state index contributed by atoms with van der Waals surface area (Å²) in [6.45, 7) is 4.26. The molecule has 1 heterocycles. The van der Waals surface area contributed by atoms with E-state index >= 15 is 0 Å². The molecule has 0 atom stereocenters. The SMILES string of the molecule is c1ccc(CN(CCCCC2=NCCCC2)Cc2ccccc2)cc1. The molecule has 0 aliphatic carbocycles. The van der Waals surface area contributed by atoms with E-state index in [9.17, 15) is 0 Å². The number of hydrogen-bond acceptors (Lipinski definition) is 2. The first kappa shape index (κ1) is 17.9. The third-order valence-electron chi connectivity index (χ3n) is 4.90. The molecule has 3 rings (SSSR count). The van der Waals surface area contributed by atoms with Gasteiger partial charge in [-0.1, -0.05) is 60.7 Å². The highest BCUT2D eigenvalue weighted by Crippen LogP contribution is 2.14. The molecule has 0 fully saturated rings. The van der Waals surface area contributed by atoms with Gasteiger partial charge in [0, 0.05) is 25.3 Å². The number of unbranched alkanes of at least 4 members (excludes halogenated alkanes) is 1. The molecule has 1 aliphatic rings. The van der Waals surface area contributed by atoms with Crippen LogP contribution in [0.15, 0.2) is 65.7 Å². The van der Waals surface area contributed by atoms with Gasteiger partial charge in [0.15, 0.2) is 0 Å². The summed E-state index contributed by atoms with van der Waals surface area (Å²) in [5, 5.41) is 0. The van der Waals surface area contributed by atoms with Crippen LogP contribution in [0, 0.1) is 0 Å². The van der Waals surface area contributed by atoms with E-state index in [1.54, 1.807) is 0 Å². The fraction of sp³-hybridized carbons (Fsp3) is 0.435. The van der Waals surface area contributed by atoms with Gasteiger partial charge in [0.2, 0.25) is 0 Å². The van der Waals surface area contributed by atoms with Gasteiger partial charge in [0.1, 0.15) is 0 Å². The summed E-state index contributed by atoms with van der Waals surface area (Å²) in [7, 11) is 0. The van der Waals surface area contributed by atoms with Crippen LogP contribution in [0.25, 0.3) is 0 Å². The highest BCUT2D eigenvalue weighted by Gasteiger charge is 2.09. The first-order chi connectivity index (χ1) is 12.4. The van der Waals surface area contributed by atoms with Crippen LogP contribution in [0.2, 0.25) is 0 Å². The topological polar surface area (TPSA) is 15.6 Å². The molecule has 2 heteroatoms. The Hall–Kier alpha value is -1.93. The second-order valence-corrected chi connectivity index (χ2v) is 7.04. The summed E-state index contributed by atoms with van der Waals surface area (Å²) in [5.41, 5.74) is 4.26. The zero-order valence-electron chi connectivity index (χ0n) is 15.2. The zero-order valence-corrected chi connectivity index (χ0v) is 15.2. The normalized spacial score (nSPS) is 14.5. The Labute approximate surface area is 152 Å². The highest BCUT2D eigenvalue weighted by molar-refractivity contribution is 5.84. The third kappa shape index (κ3) is 6.47. The van der Waals surface area contributed by atoms with Gasteiger partial charge in [0.05, 0.1) is 0 Å². The average molecular weight is 335 g/mol. The van der Waals surface area contributed by atoms with Crippen LogP contribution in [-0.2, 0) is 13.1 Å². The second kappa shape index (κ2) is 10.1. The molecule has 0 spiro atoms. The van der Waals surface area contributed by atoms with Crippen LogP contribution >= 0.6 is 0 Å². The second-order valence-electron chi connectivity index (χ2n) is 7.04. The van der Waals surface area contributed by atoms with E-state index in [4.69, 9.17) is 0 Å². The fourth-order valence-electron chi connectivity index (χ4n) is 3.52. The van der Waals surface area contributed by atoms with Gasteiger partial charge >= 0.3 is 0 Å². The van der Waals surface area contributed by atoms with E-state index < -0.39 is 0 Å². The molecule has 2 nitrogen and oxygen atoms in total. The van der Waals surface area contributed by atoms with Crippen molar-refractivity contribution in [1.29, 1.82) is 0 Å². The van der Waals surface area contributed by atoms with E-state index in [1.165, 1.54) is 55.4 Å². The molecule has 0 aromatic heterocycles. The highest BCUT2D eigenvalue weighted by atomic mass is 15.1. The Morgan fingerprint density at radius 1 is 0.760 bits per heavy atom. The van der Waals surface area contributed by atoms with Crippen molar-refractivity contribution < 1.29 is 0 Å². The van der Waals surface area contributed by atoms with Crippen LogP contribution in [0.4, 0.5) is 0 Å². The predicted octanol–water partition coefficient (Wildman–Crippen LogP) is 5.48. The van der Waals surface area contributed by atoms with Crippen molar-refractivity contribution in [3.8, 4) is 0 Å². The van der Waals surface area contributed by atoms with Crippen molar-refractivity contribution in [1.82, 2.24) is 4.90 Å². The van der Waals surface area contributed by atoms with E-state index in [2.05, 4.69) is 70.6 Å². The smallest absolute Gasteiger partial charge is 0.0388 e. The molecule has 0 N–H and O–H groups in total. The lowest BCUT2D eigenvalue weighted by atomic mass is 10.0. The molecule has 2 aromatic rings. The number of nitrogens with zero attached hydrogens (tertiary/aromatic N) is 2. The molecule has 0 bridgehead atoms. The van der Waals surface area contributed by atoms with Crippen molar-refractivity contribution in [2.24, 2.45) is 4.99 Å². The van der Waals surface area contributed by atoms with Crippen LogP contribution in [0.1, 0.15) is 49.7 Å². The Bertz CT molecular complexity index is 592. The molecule has 0 amide bonds. The van der Waals surface area contributed by atoms with Crippen LogP contribution in [0.3, 0.4) is 0 Å². The lowest BCUT2D eigenvalue weighted by molar-refractivity contribution is 0.252. The average Bonchev–Trinajstić information content (AvgIpc) is 2.67. The van der Waals surface area contributed by atoms with Crippen molar-refractivity contribution in [3.63, 3.8) is 0 Å². The first-order valence-corrected chi connectivity index (χ1v) is 9.72. The summed E-state index contributed by atoms with van der Waals surface area (Å²) in [5.74, 6) is 0. The zero-order chi connectivity index (χ0) is 17.2. The van der Waals surface area contributed by atoms with Gasteiger partial charge in [-0.2, -0.15) is 0 Å². The van der Waals surface area contributed by atoms with Crippen molar-refractivity contribution in [2.75, 3.05) is 13.1 Å². The molecule has 0 saturated carbocycles. The van der Waals surface area contributed by atoms with Crippen LogP contribution in [0.5, 0.6) is 0 Å². The van der Waals surface area contributed by atoms with Gasteiger partial charge in [-0.15, -0.1) is 0 Å². The van der Waals surface area contributed by atoms with Gasteiger partial charge in [0.25, 0.3) is 0 Å². The van der Waals surface area contributed by atoms with E-state index in [0.29, 0.717) is 0 Å². The molecule has 0 saturated heterocycles. The van der Waals surface area contributed by atoms with Crippen LogP contribution < -0.4 is 0 Å². The number of aliphatic imine (C=N–C) groups is 1. The number of hydrogen-bond donors (Lipinski definition) is 0. The maximum atomic E-state index is 4.68. The van der Waals surface area contributed by atoms with Gasteiger partial charge in [-0.25, -0.2) is 0 Å². The van der Waals surface area contributed by atoms with Crippen molar-refractivity contribution in [3.05, 3.63) is 71.8 Å². The lowest BCUT2D eigenvalue weighted by Crippen LogP contribution is -2.24. The molecule has 25 heavy (non-hydrogen) atoms. The Balaban J connectivity index is 1.51. The van der Waals surface area contributed by atoms with E-state index in [-0.39, 0.29) is 0 Å². The van der Waals surface area contributed by atoms with E-state index in [1.807, 2.05) is 0 Å².